The van der Waals surface area contributed by atoms with E-state index in [0.29, 0.717) is 5.92 Å². The van der Waals surface area contributed by atoms with E-state index in [1.54, 1.807) is 7.11 Å². The van der Waals surface area contributed by atoms with Crippen molar-refractivity contribution in [3.8, 4) is 0 Å². The van der Waals surface area contributed by atoms with Crippen molar-refractivity contribution >= 4 is 0 Å². The lowest BCUT2D eigenvalue weighted by Crippen LogP contribution is -2.12. The third-order valence-electron chi connectivity index (χ3n) is 4.45. The molecular weight excluding hydrogens is 260 g/mol. The van der Waals surface area contributed by atoms with Crippen molar-refractivity contribution in [1.82, 2.24) is 0 Å². The summed E-state index contributed by atoms with van der Waals surface area (Å²) in [6, 6.07) is 16.8. The molecular formula is C19H22O2. The first-order valence-electron chi connectivity index (χ1n) is 7.60. The molecule has 1 aliphatic carbocycles. The van der Waals surface area contributed by atoms with Crippen LogP contribution in [0.5, 0.6) is 0 Å². The Morgan fingerprint density at radius 1 is 1.05 bits per heavy atom. The largest absolute Gasteiger partial charge is 0.388 e. The van der Waals surface area contributed by atoms with Crippen molar-refractivity contribution in [2.24, 2.45) is 5.92 Å². The molecule has 0 fully saturated rings. The summed E-state index contributed by atoms with van der Waals surface area (Å²) in [5.74, 6) is 0.298. The highest BCUT2D eigenvalue weighted by molar-refractivity contribution is 5.34. The molecule has 2 nitrogen and oxygen atoms in total. The maximum atomic E-state index is 10.6. The van der Waals surface area contributed by atoms with E-state index in [1.807, 2.05) is 0 Å². The standard InChI is InChI=1S/C19H22O2/c1-21-11-10-14-6-8-15(9-7-14)19(20)18-12-16-4-2-3-5-17(16)13-18/h2-9,18-20H,10-13H2,1H3. The second-order valence-electron chi connectivity index (χ2n) is 5.87. The molecule has 0 spiro atoms. The predicted octanol–water partition coefficient (Wildman–Crippen LogP) is 3.32. The van der Waals surface area contributed by atoms with Crippen molar-refractivity contribution in [2.45, 2.75) is 25.4 Å². The molecule has 0 aliphatic heterocycles. The van der Waals surface area contributed by atoms with Crippen LogP contribution >= 0.6 is 0 Å². The van der Waals surface area contributed by atoms with E-state index >= 15 is 0 Å². The minimum absolute atomic E-state index is 0.298. The molecule has 2 aromatic carbocycles. The Morgan fingerprint density at radius 3 is 2.24 bits per heavy atom. The van der Waals surface area contributed by atoms with Crippen molar-refractivity contribution in [1.29, 1.82) is 0 Å². The van der Waals surface area contributed by atoms with Gasteiger partial charge in [-0.2, -0.15) is 0 Å². The van der Waals surface area contributed by atoms with Gasteiger partial charge < -0.3 is 9.84 Å². The molecule has 2 aromatic rings. The fourth-order valence-corrected chi connectivity index (χ4v) is 3.19. The summed E-state index contributed by atoms with van der Waals surface area (Å²) in [4.78, 5) is 0. The van der Waals surface area contributed by atoms with Gasteiger partial charge in [0.2, 0.25) is 0 Å². The number of fused-ring (bicyclic) bond motifs is 1. The Hall–Kier alpha value is -1.64. The van der Waals surface area contributed by atoms with Crippen LogP contribution in [-0.4, -0.2) is 18.8 Å². The van der Waals surface area contributed by atoms with Gasteiger partial charge in [-0.3, -0.25) is 0 Å². The lowest BCUT2D eigenvalue weighted by molar-refractivity contribution is 0.113. The molecule has 0 radical (unpaired) electrons. The van der Waals surface area contributed by atoms with Gasteiger partial charge in [0.25, 0.3) is 0 Å². The van der Waals surface area contributed by atoms with Crippen LogP contribution in [0.2, 0.25) is 0 Å². The molecule has 0 heterocycles. The van der Waals surface area contributed by atoms with Crippen LogP contribution in [0, 0.1) is 5.92 Å². The van der Waals surface area contributed by atoms with E-state index in [4.69, 9.17) is 4.74 Å². The zero-order valence-electron chi connectivity index (χ0n) is 12.5. The number of hydrogen-bond donors (Lipinski definition) is 1. The second kappa shape index (κ2) is 6.42. The molecule has 2 heteroatoms. The van der Waals surface area contributed by atoms with Gasteiger partial charge in [0.05, 0.1) is 12.7 Å². The normalized spacial score (nSPS) is 15.9. The van der Waals surface area contributed by atoms with Crippen LogP contribution in [0.25, 0.3) is 0 Å². The van der Waals surface area contributed by atoms with E-state index < -0.39 is 0 Å². The van der Waals surface area contributed by atoms with E-state index in [-0.39, 0.29) is 6.10 Å². The lowest BCUT2D eigenvalue weighted by Gasteiger charge is -2.18. The third kappa shape index (κ3) is 3.17. The van der Waals surface area contributed by atoms with Crippen LogP contribution in [-0.2, 0) is 24.0 Å². The van der Waals surface area contributed by atoms with Gasteiger partial charge in [-0.25, -0.2) is 0 Å². The van der Waals surface area contributed by atoms with E-state index in [2.05, 4.69) is 48.5 Å². The first kappa shape index (κ1) is 14.3. The molecule has 0 saturated carbocycles. The highest BCUT2D eigenvalue weighted by Gasteiger charge is 2.28. The molecule has 3 rings (SSSR count). The van der Waals surface area contributed by atoms with Gasteiger partial charge in [0.15, 0.2) is 0 Å². The van der Waals surface area contributed by atoms with Gasteiger partial charge in [-0.15, -0.1) is 0 Å². The summed E-state index contributed by atoms with van der Waals surface area (Å²) in [7, 11) is 1.72. The number of hydrogen-bond acceptors (Lipinski definition) is 2. The van der Waals surface area contributed by atoms with E-state index in [0.717, 1.165) is 31.4 Å². The molecule has 21 heavy (non-hydrogen) atoms. The zero-order valence-corrected chi connectivity index (χ0v) is 12.5. The summed E-state index contributed by atoms with van der Waals surface area (Å²) >= 11 is 0. The zero-order chi connectivity index (χ0) is 14.7. The molecule has 1 aliphatic rings. The summed E-state index contributed by atoms with van der Waals surface area (Å²) in [5, 5.41) is 10.6. The SMILES string of the molecule is COCCc1ccc(C(O)C2Cc3ccccc3C2)cc1. The fourth-order valence-electron chi connectivity index (χ4n) is 3.19. The summed E-state index contributed by atoms with van der Waals surface area (Å²) < 4.78 is 5.09. The smallest absolute Gasteiger partial charge is 0.0824 e. The van der Waals surface area contributed by atoms with Gasteiger partial charge in [0.1, 0.15) is 0 Å². The minimum atomic E-state index is -0.381. The Labute approximate surface area is 126 Å². The van der Waals surface area contributed by atoms with Gasteiger partial charge >= 0.3 is 0 Å². The van der Waals surface area contributed by atoms with Crippen LogP contribution < -0.4 is 0 Å². The van der Waals surface area contributed by atoms with Crippen molar-refractivity contribution in [3.05, 3.63) is 70.8 Å². The number of benzene rings is 2. The predicted molar refractivity (Wildman–Crippen MR) is 84.3 cm³/mol. The summed E-state index contributed by atoms with van der Waals surface area (Å²) in [6.45, 7) is 0.736. The molecule has 0 aromatic heterocycles. The molecule has 0 bridgehead atoms. The monoisotopic (exact) mass is 282 g/mol. The Bertz CT molecular complexity index is 564. The summed E-state index contributed by atoms with van der Waals surface area (Å²) in [6.07, 6.45) is 2.49. The lowest BCUT2D eigenvalue weighted by atomic mass is 9.92. The van der Waals surface area contributed by atoms with Crippen LogP contribution in [0.4, 0.5) is 0 Å². The number of aliphatic hydroxyl groups excluding tert-OH is 1. The van der Waals surface area contributed by atoms with Gasteiger partial charge in [-0.1, -0.05) is 48.5 Å². The molecule has 1 unspecified atom stereocenters. The van der Waals surface area contributed by atoms with E-state index in [9.17, 15) is 5.11 Å². The second-order valence-corrected chi connectivity index (χ2v) is 5.87. The topological polar surface area (TPSA) is 29.5 Å². The average molecular weight is 282 g/mol. The van der Waals surface area contributed by atoms with Crippen LogP contribution in [0.3, 0.4) is 0 Å². The number of rotatable bonds is 5. The first-order valence-corrected chi connectivity index (χ1v) is 7.60. The fraction of sp³-hybridized carbons (Fsp3) is 0.368. The average Bonchev–Trinajstić information content (AvgIpc) is 2.96. The molecule has 0 amide bonds. The minimum Gasteiger partial charge on any atom is -0.388 e. The van der Waals surface area contributed by atoms with E-state index in [1.165, 1.54) is 16.7 Å². The highest BCUT2D eigenvalue weighted by Crippen LogP contribution is 2.35. The Balaban J connectivity index is 1.67. The number of ether oxygens (including phenoxy) is 1. The van der Waals surface area contributed by atoms with Crippen LogP contribution in [0.1, 0.15) is 28.4 Å². The van der Waals surface area contributed by atoms with Crippen LogP contribution in [0.15, 0.2) is 48.5 Å². The quantitative estimate of drug-likeness (QED) is 0.911. The third-order valence-corrected chi connectivity index (χ3v) is 4.45. The molecule has 1 atom stereocenters. The molecule has 1 N–H and O–H groups in total. The van der Waals surface area contributed by atoms with Crippen molar-refractivity contribution in [3.63, 3.8) is 0 Å². The van der Waals surface area contributed by atoms with Crippen molar-refractivity contribution in [2.75, 3.05) is 13.7 Å². The molecule has 0 saturated heterocycles. The maximum Gasteiger partial charge on any atom is 0.0824 e. The summed E-state index contributed by atoms with van der Waals surface area (Å²) in [5.41, 5.74) is 5.05. The van der Waals surface area contributed by atoms with Gasteiger partial charge in [0, 0.05) is 7.11 Å². The number of methoxy groups -OCH3 is 1. The molecule has 110 valence electrons. The first-order chi connectivity index (χ1) is 10.3. The number of aliphatic hydroxyl groups is 1. The highest BCUT2D eigenvalue weighted by atomic mass is 16.5. The van der Waals surface area contributed by atoms with Gasteiger partial charge in [-0.05, 0) is 47.4 Å². The van der Waals surface area contributed by atoms with Crippen molar-refractivity contribution < 1.29 is 9.84 Å². The Kier molecular flexibility index (Phi) is 4.37. The Morgan fingerprint density at radius 2 is 1.67 bits per heavy atom. The maximum absolute atomic E-state index is 10.6.